The molecule has 1 N–H and O–H groups in total. The van der Waals surface area contributed by atoms with Crippen molar-refractivity contribution in [2.75, 3.05) is 0 Å². The lowest BCUT2D eigenvalue weighted by Gasteiger charge is -2.10. The van der Waals surface area contributed by atoms with E-state index in [9.17, 15) is 28.3 Å². The third-order valence-corrected chi connectivity index (χ3v) is 5.45. The highest BCUT2D eigenvalue weighted by molar-refractivity contribution is 5.96. The number of carboxylic acids is 1. The first-order valence-corrected chi connectivity index (χ1v) is 10.9. The van der Waals surface area contributed by atoms with Gasteiger partial charge in [0.15, 0.2) is 0 Å². The molecular formula is C25H26F2N2O4. The summed E-state index contributed by atoms with van der Waals surface area (Å²) in [5.41, 5.74) is 0.965. The number of benzene rings is 2. The minimum absolute atomic E-state index is 0.00683. The Labute approximate surface area is 190 Å². The molecule has 0 spiro atoms. The number of alkyl halides is 2. The van der Waals surface area contributed by atoms with E-state index < -0.39 is 29.7 Å². The second-order valence-corrected chi connectivity index (χ2v) is 7.78. The van der Waals surface area contributed by atoms with E-state index in [1.165, 1.54) is 10.6 Å². The average Bonchev–Trinajstić information content (AvgIpc) is 3.06. The van der Waals surface area contributed by atoms with Crippen LogP contribution in [-0.4, -0.2) is 26.1 Å². The standard InChI is InChI=1S/C25H26F2N2O4/c1-3-7-20-22(23(26)27)29(21(30)8-4-2)25(33)28(20)15-16-11-13-17(14-12-16)18-9-5-6-10-19(18)24(31)32/h5-6,9-14,23H,3-4,7-8,15H2,1-2H3,(H,31,32). The molecule has 0 atom stereocenters. The summed E-state index contributed by atoms with van der Waals surface area (Å²) in [5.74, 6) is -1.67. The fraction of sp³-hybridized carbons (Fsp3) is 0.320. The minimum Gasteiger partial charge on any atom is -0.478 e. The summed E-state index contributed by atoms with van der Waals surface area (Å²) in [6.07, 6.45) is -1.72. The van der Waals surface area contributed by atoms with Crippen molar-refractivity contribution in [1.29, 1.82) is 0 Å². The molecule has 6 nitrogen and oxygen atoms in total. The van der Waals surface area contributed by atoms with Gasteiger partial charge < -0.3 is 5.11 Å². The number of nitrogens with zero attached hydrogens (tertiary/aromatic N) is 2. The normalized spacial score (nSPS) is 11.2. The van der Waals surface area contributed by atoms with Crippen LogP contribution in [0.5, 0.6) is 0 Å². The van der Waals surface area contributed by atoms with Crippen LogP contribution in [0, 0.1) is 0 Å². The molecule has 0 bridgehead atoms. The van der Waals surface area contributed by atoms with Gasteiger partial charge in [-0.15, -0.1) is 0 Å². The average molecular weight is 456 g/mol. The first-order valence-electron chi connectivity index (χ1n) is 10.9. The van der Waals surface area contributed by atoms with Gasteiger partial charge in [-0.05, 0) is 35.6 Å². The van der Waals surface area contributed by atoms with Crippen molar-refractivity contribution in [2.24, 2.45) is 0 Å². The highest BCUT2D eigenvalue weighted by Gasteiger charge is 2.28. The zero-order valence-electron chi connectivity index (χ0n) is 18.6. The lowest BCUT2D eigenvalue weighted by molar-refractivity contribution is 0.0697. The second kappa shape index (κ2) is 10.4. The Bertz CT molecular complexity index is 1210. The smallest absolute Gasteiger partial charge is 0.336 e. The fourth-order valence-electron chi connectivity index (χ4n) is 3.95. The van der Waals surface area contributed by atoms with E-state index in [0.717, 1.165) is 0 Å². The molecule has 0 aliphatic carbocycles. The van der Waals surface area contributed by atoms with Gasteiger partial charge in [0.05, 0.1) is 12.1 Å². The van der Waals surface area contributed by atoms with E-state index in [4.69, 9.17) is 0 Å². The van der Waals surface area contributed by atoms with Crippen molar-refractivity contribution in [2.45, 2.75) is 52.5 Å². The van der Waals surface area contributed by atoms with Crippen molar-refractivity contribution in [3.8, 4) is 11.1 Å². The number of imidazole rings is 1. The van der Waals surface area contributed by atoms with Gasteiger partial charge in [0.1, 0.15) is 5.69 Å². The summed E-state index contributed by atoms with van der Waals surface area (Å²) in [5, 5.41) is 9.41. The number of aromatic carboxylic acids is 1. The highest BCUT2D eigenvalue weighted by atomic mass is 19.3. The maximum atomic E-state index is 13.9. The Balaban J connectivity index is 2.03. The zero-order valence-corrected chi connectivity index (χ0v) is 18.6. The first-order chi connectivity index (χ1) is 15.8. The third kappa shape index (κ3) is 4.94. The molecule has 0 amide bonds. The third-order valence-electron chi connectivity index (χ3n) is 5.45. The Kier molecular flexibility index (Phi) is 7.58. The summed E-state index contributed by atoms with van der Waals surface area (Å²) in [4.78, 5) is 37.0. The number of carbonyl (C=O) groups excluding carboxylic acids is 1. The maximum Gasteiger partial charge on any atom is 0.336 e. The molecule has 1 aromatic heterocycles. The summed E-state index contributed by atoms with van der Waals surface area (Å²) >= 11 is 0. The molecule has 174 valence electrons. The molecule has 2 aromatic carbocycles. The Morgan fingerprint density at radius 3 is 2.24 bits per heavy atom. The predicted molar refractivity (Wildman–Crippen MR) is 121 cm³/mol. The van der Waals surface area contributed by atoms with Gasteiger partial charge in [-0.2, -0.15) is 0 Å². The van der Waals surface area contributed by atoms with Crippen molar-refractivity contribution in [3.63, 3.8) is 0 Å². The van der Waals surface area contributed by atoms with Gasteiger partial charge >= 0.3 is 11.7 Å². The Morgan fingerprint density at radius 1 is 1.00 bits per heavy atom. The molecule has 3 aromatic rings. The molecule has 0 fully saturated rings. The van der Waals surface area contributed by atoms with Gasteiger partial charge in [0, 0.05) is 12.1 Å². The van der Waals surface area contributed by atoms with Crippen molar-refractivity contribution >= 4 is 11.9 Å². The van der Waals surface area contributed by atoms with Crippen LogP contribution in [0.3, 0.4) is 0 Å². The van der Waals surface area contributed by atoms with Gasteiger partial charge in [-0.25, -0.2) is 22.9 Å². The largest absolute Gasteiger partial charge is 0.478 e. The molecule has 1 heterocycles. The summed E-state index contributed by atoms with van der Waals surface area (Å²) < 4.78 is 29.7. The zero-order chi connectivity index (χ0) is 24.1. The second-order valence-electron chi connectivity index (χ2n) is 7.78. The topological polar surface area (TPSA) is 81.3 Å². The summed E-state index contributed by atoms with van der Waals surface area (Å²) in [6.45, 7) is 3.60. The molecule has 0 saturated heterocycles. The van der Waals surface area contributed by atoms with E-state index in [1.54, 1.807) is 49.4 Å². The van der Waals surface area contributed by atoms with Gasteiger partial charge in [-0.3, -0.25) is 9.36 Å². The molecule has 33 heavy (non-hydrogen) atoms. The summed E-state index contributed by atoms with van der Waals surface area (Å²) in [6, 6.07) is 13.5. The Hall–Kier alpha value is -3.55. The SMILES string of the molecule is CCCC(=O)n1c(C(F)F)c(CCC)n(Cc2ccc(-c3ccccc3C(=O)O)cc2)c1=O. The van der Waals surface area contributed by atoms with E-state index in [2.05, 4.69) is 0 Å². The Morgan fingerprint density at radius 2 is 1.67 bits per heavy atom. The van der Waals surface area contributed by atoms with E-state index in [-0.39, 0.29) is 30.6 Å². The van der Waals surface area contributed by atoms with Gasteiger partial charge in [0.25, 0.3) is 6.43 Å². The minimum atomic E-state index is -2.95. The molecule has 3 rings (SSSR count). The maximum absolute atomic E-state index is 13.9. The lowest BCUT2D eigenvalue weighted by Crippen LogP contribution is -2.30. The molecule has 8 heteroatoms. The predicted octanol–water partition coefficient (Wildman–Crippen LogP) is 5.39. The van der Waals surface area contributed by atoms with Gasteiger partial charge in [0.2, 0.25) is 5.91 Å². The van der Waals surface area contributed by atoms with E-state index in [1.807, 2.05) is 6.92 Å². The lowest BCUT2D eigenvalue weighted by atomic mass is 9.99. The molecule has 0 aliphatic heterocycles. The van der Waals surface area contributed by atoms with Crippen LogP contribution in [0.4, 0.5) is 8.78 Å². The van der Waals surface area contributed by atoms with Crippen LogP contribution in [0.1, 0.15) is 71.6 Å². The number of rotatable bonds is 9. The number of aromatic nitrogens is 2. The number of hydrogen-bond acceptors (Lipinski definition) is 3. The van der Waals surface area contributed by atoms with Gasteiger partial charge in [-0.1, -0.05) is 62.7 Å². The van der Waals surface area contributed by atoms with E-state index >= 15 is 0 Å². The molecule has 0 radical (unpaired) electrons. The van der Waals surface area contributed by atoms with Crippen LogP contribution < -0.4 is 5.69 Å². The molecule has 0 unspecified atom stereocenters. The van der Waals surface area contributed by atoms with Crippen molar-refractivity contribution in [3.05, 3.63) is 81.5 Å². The van der Waals surface area contributed by atoms with Crippen LogP contribution in [0.25, 0.3) is 11.1 Å². The highest BCUT2D eigenvalue weighted by Crippen LogP contribution is 2.27. The van der Waals surface area contributed by atoms with Crippen LogP contribution in [0.2, 0.25) is 0 Å². The number of hydrogen-bond donors (Lipinski definition) is 1. The first kappa shape index (κ1) is 24.1. The molecular weight excluding hydrogens is 430 g/mol. The molecule has 0 aliphatic rings. The monoisotopic (exact) mass is 456 g/mol. The van der Waals surface area contributed by atoms with Crippen LogP contribution >= 0.6 is 0 Å². The quantitative estimate of drug-likeness (QED) is 0.468. The number of halogens is 2. The van der Waals surface area contributed by atoms with E-state index in [0.29, 0.717) is 34.1 Å². The van der Waals surface area contributed by atoms with Crippen LogP contribution in [0.15, 0.2) is 53.3 Å². The van der Waals surface area contributed by atoms with Crippen molar-refractivity contribution in [1.82, 2.24) is 9.13 Å². The van der Waals surface area contributed by atoms with Crippen molar-refractivity contribution < 1.29 is 23.5 Å². The fourth-order valence-corrected chi connectivity index (χ4v) is 3.95. The summed E-state index contributed by atoms with van der Waals surface area (Å²) in [7, 11) is 0. The number of carbonyl (C=O) groups is 2. The number of carboxylic acid groups (broad SMARTS) is 1. The van der Waals surface area contributed by atoms with Crippen LogP contribution in [-0.2, 0) is 13.0 Å². The molecule has 0 saturated carbocycles.